The molecule has 0 spiro atoms. The van der Waals surface area contributed by atoms with Crippen molar-refractivity contribution in [3.63, 3.8) is 0 Å². The summed E-state index contributed by atoms with van der Waals surface area (Å²) in [5.41, 5.74) is 7.64. The first-order chi connectivity index (χ1) is 11.5. The number of aromatic nitrogens is 3. The Balaban J connectivity index is 1.73. The van der Waals surface area contributed by atoms with Crippen LogP contribution in [0.25, 0.3) is 11.3 Å². The maximum atomic E-state index is 12.1. The molecular weight excluding hydrogens is 346 g/mol. The van der Waals surface area contributed by atoms with Gasteiger partial charge in [0.15, 0.2) is 11.5 Å². The predicted octanol–water partition coefficient (Wildman–Crippen LogP) is 3.07. The fraction of sp³-hybridized carbons (Fsp3) is 0.125. The van der Waals surface area contributed by atoms with E-state index in [9.17, 15) is 4.79 Å². The van der Waals surface area contributed by atoms with Gasteiger partial charge >= 0.3 is 0 Å². The lowest BCUT2D eigenvalue weighted by Crippen LogP contribution is -2.25. The number of halogens is 1. The van der Waals surface area contributed by atoms with Crippen molar-refractivity contribution in [2.45, 2.75) is 13.5 Å². The molecule has 0 radical (unpaired) electrons. The first kappa shape index (κ1) is 16.4. The first-order valence-corrected chi connectivity index (χ1v) is 8.31. The highest BCUT2D eigenvalue weighted by molar-refractivity contribution is 7.12. The van der Waals surface area contributed by atoms with Gasteiger partial charge in [-0.05, 0) is 19.1 Å². The minimum Gasteiger partial charge on any atom is -0.382 e. The number of anilines is 1. The van der Waals surface area contributed by atoms with Gasteiger partial charge in [0.05, 0.1) is 12.2 Å². The second kappa shape index (κ2) is 6.94. The van der Waals surface area contributed by atoms with Crippen molar-refractivity contribution in [1.82, 2.24) is 20.3 Å². The van der Waals surface area contributed by atoms with E-state index in [4.69, 9.17) is 17.3 Å². The number of benzene rings is 1. The molecule has 3 rings (SSSR count). The molecule has 24 heavy (non-hydrogen) atoms. The number of nitrogens with one attached hydrogen (secondary N) is 1. The third-order valence-electron chi connectivity index (χ3n) is 3.30. The Morgan fingerprint density at radius 3 is 2.67 bits per heavy atom. The highest BCUT2D eigenvalue weighted by atomic mass is 35.5. The smallest absolute Gasteiger partial charge is 0.274 e. The van der Waals surface area contributed by atoms with Crippen LogP contribution in [0.3, 0.4) is 0 Å². The van der Waals surface area contributed by atoms with Gasteiger partial charge in [-0.1, -0.05) is 23.7 Å². The van der Waals surface area contributed by atoms with Gasteiger partial charge in [-0.2, -0.15) is 0 Å². The van der Waals surface area contributed by atoms with E-state index in [1.165, 1.54) is 23.7 Å². The van der Waals surface area contributed by atoms with Crippen LogP contribution in [-0.2, 0) is 6.54 Å². The Kier molecular flexibility index (Phi) is 4.73. The summed E-state index contributed by atoms with van der Waals surface area (Å²) in [5, 5.41) is 4.24. The summed E-state index contributed by atoms with van der Waals surface area (Å²) in [4.78, 5) is 25.6. The lowest BCUT2D eigenvalue weighted by molar-refractivity contribution is 0.0946. The molecule has 0 aliphatic rings. The van der Waals surface area contributed by atoms with E-state index in [-0.39, 0.29) is 17.4 Å². The van der Waals surface area contributed by atoms with Crippen molar-refractivity contribution >= 4 is 34.7 Å². The predicted molar refractivity (Wildman–Crippen MR) is 94.9 cm³/mol. The Morgan fingerprint density at radius 1 is 1.25 bits per heavy atom. The lowest BCUT2D eigenvalue weighted by atomic mass is 10.1. The number of aryl methyl sites for hydroxylation is 1. The van der Waals surface area contributed by atoms with Crippen LogP contribution in [0, 0.1) is 6.92 Å². The fourth-order valence-electron chi connectivity index (χ4n) is 2.17. The van der Waals surface area contributed by atoms with Gasteiger partial charge in [0.2, 0.25) is 0 Å². The van der Waals surface area contributed by atoms with Gasteiger partial charge in [0.25, 0.3) is 5.91 Å². The Bertz CT molecular complexity index is 878. The molecule has 122 valence electrons. The number of carbonyl (C=O) groups excluding carboxylic acids is 1. The summed E-state index contributed by atoms with van der Waals surface area (Å²) < 4.78 is 0. The summed E-state index contributed by atoms with van der Waals surface area (Å²) in [6, 6.07) is 7.50. The largest absolute Gasteiger partial charge is 0.382 e. The molecule has 2 aromatic heterocycles. The zero-order chi connectivity index (χ0) is 17.1. The zero-order valence-electron chi connectivity index (χ0n) is 12.8. The molecule has 3 aromatic rings. The summed E-state index contributed by atoms with van der Waals surface area (Å²) >= 11 is 7.44. The van der Waals surface area contributed by atoms with E-state index in [2.05, 4.69) is 20.3 Å². The SMILES string of the molecule is Cc1sc(CNC(=O)c2nccnc2N)nc1-c1ccc(Cl)cc1. The molecular formula is C16H14ClN5OS. The van der Waals surface area contributed by atoms with Gasteiger partial charge in [-0.15, -0.1) is 11.3 Å². The number of thiazole rings is 1. The second-order valence-corrected chi connectivity index (χ2v) is 6.72. The molecule has 0 aliphatic heterocycles. The summed E-state index contributed by atoms with van der Waals surface area (Å²) in [6.07, 6.45) is 2.87. The van der Waals surface area contributed by atoms with Crippen LogP contribution in [0.2, 0.25) is 5.02 Å². The van der Waals surface area contributed by atoms with E-state index in [1.54, 1.807) is 0 Å². The number of hydrogen-bond acceptors (Lipinski definition) is 6. The quantitative estimate of drug-likeness (QED) is 0.746. The Hall–Kier alpha value is -2.51. The number of nitrogens with zero attached hydrogens (tertiary/aromatic N) is 3. The van der Waals surface area contributed by atoms with E-state index in [1.807, 2.05) is 31.2 Å². The average Bonchev–Trinajstić information content (AvgIpc) is 2.95. The van der Waals surface area contributed by atoms with Crippen molar-refractivity contribution in [3.05, 3.63) is 57.3 Å². The molecule has 3 N–H and O–H groups in total. The Morgan fingerprint density at radius 2 is 1.96 bits per heavy atom. The monoisotopic (exact) mass is 359 g/mol. The minimum absolute atomic E-state index is 0.104. The minimum atomic E-state index is -0.374. The zero-order valence-corrected chi connectivity index (χ0v) is 14.4. The molecule has 0 fully saturated rings. The molecule has 0 saturated heterocycles. The molecule has 6 nitrogen and oxygen atoms in total. The van der Waals surface area contributed by atoms with E-state index in [0.29, 0.717) is 11.6 Å². The fourth-order valence-corrected chi connectivity index (χ4v) is 3.19. The van der Waals surface area contributed by atoms with E-state index < -0.39 is 0 Å². The molecule has 0 saturated carbocycles. The summed E-state index contributed by atoms with van der Waals surface area (Å²) in [6.45, 7) is 2.29. The van der Waals surface area contributed by atoms with Crippen molar-refractivity contribution < 1.29 is 4.79 Å². The third-order valence-corrected chi connectivity index (χ3v) is 4.52. The molecule has 0 atom stereocenters. The first-order valence-electron chi connectivity index (χ1n) is 7.11. The van der Waals surface area contributed by atoms with Gasteiger partial charge in [0, 0.05) is 27.9 Å². The number of nitrogen functional groups attached to an aromatic ring is 1. The lowest BCUT2D eigenvalue weighted by Gasteiger charge is -2.03. The molecule has 1 aromatic carbocycles. The van der Waals surface area contributed by atoms with Gasteiger partial charge in [-0.3, -0.25) is 4.79 Å². The van der Waals surface area contributed by atoms with Crippen LogP contribution in [0.4, 0.5) is 5.82 Å². The maximum absolute atomic E-state index is 12.1. The molecule has 0 unspecified atom stereocenters. The molecule has 8 heteroatoms. The van der Waals surface area contributed by atoms with Crippen LogP contribution >= 0.6 is 22.9 Å². The van der Waals surface area contributed by atoms with Crippen LogP contribution in [0.15, 0.2) is 36.7 Å². The van der Waals surface area contributed by atoms with E-state index in [0.717, 1.165) is 21.1 Å². The molecule has 2 heterocycles. The van der Waals surface area contributed by atoms with Crippen molar-refractivity contribution in [1.29, 1.82) is 0 Å². The van der Waals surface area contributed by atoms with Gasteiger partial charge in [-0.25, -0.2) is 15.0 Å². The topological polar surface area (TPSA) is 93.8 Å². The highest BCUT2D eigenvalue weighted by Gasteiger charge is 2.14. The van der Waals surface area contributed by atoms with Crippen LogP contribution < -0.4 is 11.1 Å². The van der Waals surface area contributed by atoms with E-state index >= 15 is 0 Å². The van der Waals surface area contributed by atoms with Crippen molar-refractivity contribution in [2.75, 3.05) is 5.73 Å². The number of nitrogens with two attached hydrogens (primary N) is 1. The standard InChI is InChI=1S/C16H14ClN5OS/c1-9-13(10-2-4-11(17)5-3-10)22-12(24-9)8-21-16(23)14-15(18)20-7-6-19-14/h2-7H,8H2,1H3,(H2,18,20)(H,21,23). The van der Waals surface area contributed by atoms with Crippen molar-refractivity contribution in [3.8, 4) is 11.3 Å². The van der Waals surface area contributed by atoms with Gasteiger partial charge in [0.1, 0.15) is 5.01 Å². The molecule has 1 amide bonds. The number of carbonyl (C=O) groups is 1. The normalized spacial score (nSPS) is 10.6. The number of amides is 1. The van der Waals surface area contributed by atoms with Crippen molar-refractivity contribution in [2.24, 2.45) is 0 Å². The summed E-state index contributed by atoms with van der Waals surface area (Å²) in [5.74, 6) is -0.270. The van der Waals surface area contributed by atoms with Crippen LogP contribution in [0.5, 0.6) is 0 Å². The second-order valence-electron chi connectivity index (χ2n) is 4.99. The highest BCUT2D eigenvalue weighted by Crippen LogP contribution is 2.28. The molecule has 0 bridgehead atoms. The summed E-state index contributed by atoms with van der Waals surface area (Å²) in [7, 11) is 0. The van der Waals surface area contributed by atoms with Gasteiger partial charge < -0.3 is 11.1 Å². The maximum Gasteiger partial charge on any atom is 0.274 e. The molecule has 0 aliphatic carbocycles. The third kappa shape index (κ3) is 3.52. The van der Waals surface area contributed by atoms with Crippen LogP contribution in [-0.4, -0.2) is 20.9 Å². The Labute approximate surface area is 147 Å². The number of rotatable bonds is 4. The number of hydrogen-bond donors (Lipinski definition) is 2. The van der Waals surface area contributed by atoms with Crippen LogP contribution in [0.1, 0.15) is 20.4 Å². The average molecular weight is 360 g/mol.